The monoisotopic (exact) mass is 246 g/mol. The second-order valence-electron chi connectivity index (χ2n) is 0. The van der Waals surface area contributed by atoms with E-state index < -0.39 is 0 Å². The van der Waals surface area contributed by atoms with Gasteiger partial charge in [-0.3, -0.25) is 0 Å². The van der Waals surface area contributed by atoms with E-state index in [1.165, 1.54) is 0 Å². The quantitative estimate of drug-likeness (QED) is 0.531. The van der Waals surface area contributed by atoms with Gasteiger partial charge in [-0.25, -0.2) is 0 Å². The van der Waals surface area contributed by atoms with Crippen LogP contribution in [-0.2, 0) is 55.7 Å². The van der Waals surface area contributed by atoms with E-state index in [4.69, 9.17) is 0 Å². The van der Waals surface area contributed by atoms with Crippen molar-refractivity contribution >= 4 is 0 Å². The summed E-state index contributed by atoms with van der Waals surface area (Å²) in [5.41, 5.74) is 0. The third-order valence-electron chi connectivity index (χ3n) is 0. The van der Waals surface area contributed by atoms with Gasteiger partial charge in [0.1, 0.15) is 0 Å². The zero-order valence-corrected chi connectivity index (χ0v) is 4.38. The molecule has 0 rings (SSSR count). The van der Waals surface area contributed by atoms with Crippen LogP contribution in [0.25, 0.3) is 0 Å². The fourth-order valence-corrected chi connectivity index (χ4v) is 0. The Balaban J connectivity index is 0. The predicted molar refractivity (Wildman–Crippen MR) is 1.37 cm³/mol. The average Bonchev–Trinajstić information content (AvgIpc) is 0. The van der Waals surface area contributed by atoms with Crippen LogP contribution in [0.2, 0.25) is 0 Å². The van der Waals surface area contributed by atoms with Crippen LogP contribution in [0.15, 0.2) is 0 Å². The van der Waals surface area contributed by atoms with Gasteiger partial charge in [0.15, 0.2) is 0 Å². The average molecular weight is 248 g/mol. The SMILES string of the molecule is [Ag+2].[Ag+2].[O-2].[O-2]. The first-order chi connectivity index (χ1) is 0. The Labute approximate surface area is 55.6 Å². The van der Waals surface area contributed by atoms with Crippen molar-refractivity contribution in [2.24, 2.45) is 0 Å². The standard InChI is InChI=1S/2Ag.2O/q2*+2;2*-2. The van der Waals surface area contributed by atoms with E-state index in [-0.39, 0.29) is 55.7 Å². The molecule has 0 aliphatic rings. The molecule has 2 radical (unpaired) electrons. The van der Waals surface area contributed by atoms with Crippen molar-refractivity contribution in [2.45, 2.75) is 0 Å². The van der Waals surface area contributed by atoms with Gasteiger partial charge in [-0.1, -0.05) is 0 Å². The van der Waals surface area contributed by atoms with E-state index in [1.807, 2.05) is 0 Å². The summed E-state index contributed by atoms with van der Waals surface area (Å²) in [7, 11) is 0. The van der Waals surface area contributed by atoms with Gasteiger partial charge >= 0.3 is 44.8 Å². The van der Waals surface area contributed by atoms with Gasteiger partial charge in [0.05, 0.1) is 0 Å². The van der Waals surface area contributed by atoms with E-state index in [1.54, 1.807) is 0 Å². The minimum absolute atomic E-state index is 0. The molecule has 0 N–H and O–H groups in total. The first kappa shape index (κ1) is 53.3. The molecular weight excluding hydrogens is 248 g/mol. The minimum Gasteiger partial charge on any atom is -2.00 e. The molecule has 34 valence electrons. The van der Waals surface area contributed by atoms with Crippen molar-refractivity contribution in [1.82, 2.24) is 0 Å². The van der Waals surface area contributed by atoms with Crippen LogP contribution in [0, 0.1) is 0 Å². The number of rotatable bonds is 0. The Morgan fingerprint density at radius 3 is 0.500 bits per heavy atom. The van der Waals surface area contributed by atoms with Gasteiger partial charge in [-0.2, -0.15) is 0 Å². The van der Waals surface area contributed by atoms with Crippen molar-refractivity contribution in [3.63, 3.8) is 0 Å². The second kappa shape index (κ2) is 25.9. The molecule has 0 saturated carbocycles. The van der Waals surface area contributed by atoms with Crippen molar-refractivity contribution < 1.29 is 55.7 Å². The topological polar surface area (TPSA) is 57.0 Å². The molecule has 0 fully saturated rings. The minimum atomic E-state index is 0. The summed E-state index contributed by atoms with van der Waals surface area (Å²) < 4.78 is 0. The molecule has 0 aromatic heterocycles. The molecular formula is Ag2O2. The van der Waals surface area contributed by atoms with E-state index >= 15 is 0 Å². The van der Waals surface area contributed by atoms with Crippen molar-refractivity contribution in [2.75, 3.05) is 0 Å². The Bertz CT molecular complexity index is 4.00. The fourth-order valence-electron chi connectivity index (χ4n) is 0. The zero-order chi connectivity index (χ0) is 0. The molecule has 0 aliphatic heterocycles. The maximum atomic E-state index is 0. The Hall–Kier alpha value is 1.40. The van der Waals surface area contributed by atoms with Gasteiger partial charge in [0, 0.05) is 0 Å². The molecule has 0 saturated heterocycles. The van der Waals surface area contributed by atoms with E-state index in [2.05, 4.69) is 0 Å². The van der Waals surface area contributed by atoms with E-state index in [9.17, 15) is 0 Å². The molecule has 0 aliphatic carbocycles. The van der Waals surface area contributed by atoms with E-state index in [0.29, 0.717) is 0 Å². The maximum absolute atomic E-state index is 0. The molecule has 4 heteroatoms. The Kier molecular flexibility index (Phi) is 346. The maximum Gasteiger partial charge on any atom is 2.00 e. The molecule has 0 aromatic carbocycles. The number of hydrogen-bond acceptors (Lipinski definition) is 0. The summed E-state index contributed by atoms with van der Waals surface area (Å²) in [4.78, 5) is 0. The van der Waals surface area contributed by atoms with Crippen LogP contribution in [0.1, 0.15) is 0 Å². The summed E-state index contributed by atoms with van der Waals surface area (Å²) in [5.74, 6) is 0. The Morgan fingerprint density at radius 2 is 0.500 bits per heavy atom. The zero-order valence-electron chi connectivity index (χ0n) is 1.42. The van der Waals surface area contributed by atoms with E-state index in [0.717, 1.165) is 0 Å². The molecule has 0 aromatic rings. The van der Waals surface area contributed by atoms with Gasteiger partial charge in [0.25, 0.3) is 0 Å². The summed E-state index contributed by atoms with van der Waals surface area (Å²) in [6, 6.07) is 0. The van der Waals surface area contributed by atoms with Crippen molar-refractivity contribution in [3.05, 3.63) is 0 Å². The Morgan fingerprint density at radius 1 is 0.500 bits per heavy atom. The van der Waals surface area contributed by atoms with Gasteiger partial charge in [-0.05, 0) is 0 Å². The molecule has 4 heavy (non-hydrogen) atoms. The molecule has 0 heterocycles. The van der Waals surface area contributed by atoms with Crippen LogP contribution < -0.4 is 0 Å². The first-order valence-corrected chi connectivity index (χ1v) is 0. The molecule has 0 atom stereocenters. The van der Waals surface area contributed by atoms with Crippen LogP contribution in [0.4, 0.5) is 0 Å². The van der Waals surface area contributed by atoms with Crippen LogP contribution in [-0.4, -0.2) is 0 Å². The smallest absolute Gasteiger partial charge is 2.00 e. The first-order valence-electron chi connectivity index (χ1n) is 0. The van der Waals surface area contributed by atoms with Crippen LogP contribution in [0.3, 0.4) is 0 Å². The summed E-state index contributed by atoms with van der Waals surface area (Å²) >= 11 is 0. The largest absolute Gasteiger partial charge is 2.00 e. The third-order valence-corrected chi connectivity index (χ3v) is 0. The van der Waals surface area contributed by atoms with Crippen molar-refractivity contribution in [3.8, 4) is 0 Å². The number of hydrogen-bond donors (Lipinski definition) is 0. The molecule has 0 amide bonds. The summed E-state index contributed by atoms with van der Waals surface area (Å²) in [6.07, 6.45) is 0. The molecule has 0 unspecified atom stereocenters. The predicted octanol–water partition coefficient (Wildman–Crippen LogP) is -0.243. The van der Waals surface area contributed by atoms with Crippen molar-refractivity contribution in [1.29, 1.82) is 0 Å². The molecule has 0 bridgehead atoms. The van der Waals surface area contributed by atoms with Gasteiger partial charge in [-0.15, -0.1) is 0 Å². The third kappa shape index (κ3) is 9.99. The normalized spacial score (nSPS) is 0. The summed E-state index contributed by atoms with van der Waals surface area (Å²) in [5, 5.41) is 0. The molecule has 2 nitrogen and oxygen atoms in total. The van der Waals surface area contributed by atoms with Gasteiger partial charge < -0.3 is 11.0 Å². The molecule has 0 spiro atoms. The summed E-state index contributed by atoms with van der Waals surface area (Å²) in [6.45, 7) is 0. The fraction of sp³-hybridized carbons (Fsp3) is 0. The second-order valence-corrected chi connectivity index (χ2v) is 0. The van der Waals surface area contributed by atoms with Crippen LogP contribution in [0.5, 0.6) is 0 Å². The van der Waals surface area contributed by atoms with Crippen LogP contribution >= 0.6 is 0 Å². The van der Waals surface area contributed by atoms with Gasteiger partial charge in [0.2, 0.25) is 0 Å².